The molecule has 2 heterocycles. The first kappa shape index (κ1) is 16.1. The van der Waals surface area contributed by atoms with E-state index in [0.29, 0.717) is 11.3 Å². The maximum absolute atomic E-state index is 12.7. The SMILES string of the molecule is C/C=C/C(=O)N1Cc2c(cc(N)cc2-c2ccc3[nH]nc(C)c3c2)C1=O. The van der Waals surface area contributed by atoms with Gasteiger partial charge < -0.3 is 5.73 Å². The Bertz CT molecular complexity index is 1090. The highest BCUT2D eigenvalue weighted by Crippen LogP contribution is 2.36. The van der Waals surface area contributed by atoms with Crippen molar-refractivity contribution >= 4 is 28.4 Å². The number of carbonyl (C=O) groups excluding carboxylic acids is 2. The summed E-state index contributed by atoms with van der Waals surface area (Å²) < 4.78 is 0. The lowest BCUT2D eigenvalue weighted by Gasteiger charge is -2.11. The van der Waals surface area contributed by atoms with Crippen molar-refractivity contribution < 1.29 is 9.59 Å². The molecule has 0 radical (unpaired) electrons. The Kier molecular flexibility index (Phi) is 3.61. The Morgan fingerprint density at radius 3 is 2.81 bits per heavy atom. The number of allylic oxidation sites excluding steroid dienone is 1. The van der Waals surface area contributed by atoms with Crippen molar-refractivity contribution in [3.63, 3.8) is 0 Å². The molecule has 0 fully saturated rings. The van der Waals surface area contributed by atoms with Gasteiger partial charge >= 0.3 is 0 Å². The Balaban J connectivity index is 1.87. The molecule has 0 saturated heterocycles. The average molecular weight is 346 g/mol. The number of nitrogens with zero attached hydrogens (tertiary/aromatic N) is 2. The van der Waals surface area contributed by atoms with Crippen molar-refractivity contribution in [1.29, 1.82) is 0 Å². The number of nitrogens with one attached hydrogen (secondary N) is 1. The zero-order valence-electron chi connectivity index (χ0n) is 14.5. The van der Waals surface area contributed by atoms with E-state index in [2.05, 4.69) is 10.2 Å². The fourth-order valence-electron chi connectivity index (χ4n) is 3.41. The normalized spacial score (nSPS) is 13.8. The Hall–Kier alpha value is -3.41. The first-order valence-electron chi connectivity index (χ1n) is 8.35. The maximum atomic E-state index is 12.7. The van der Waals surface area contributed by atoms with Crippen molar-refractivity contribution in [2.24, 2.45) is 0 Å². The second kappa shape index (κ2) is 5.84. The van der Waals surface area contributed by atoms with Crippen LogP contribution in [0.15, 0.2) is 42.5 Å². The number of aromatic nitrogens is 2. The van der Waals surface area contributed by atoms with Gasteiger partial charge in [0.05, 0.1) is 17.8 Å². The molecule has 2 aromatic carbocycles. The summed E-state index contributed by atoms with van der Waals surface area (Å²) in [6.45, 7) is 3.93. The van der Waals surface area contributed by atoms with Gasteiger partial charge in [-0.15, -0.1) is 0 Å². The lowest BCUT2D eigenvalue weighted by atomic mass is 9.95. The molecule has 0 bridgehead atoms. The van der Waals surface area contributed by atoms with E-state index in [0.717, 1.165) is 33.3 Å². The lowest BCUT2D eigenvalue weighted by molar-refractivity contribution is -0.123. The number of fused-ring (bicyclic) bond motifs is 2. The molecule has 6 heteroatoms. The summed E-state index contributed by atoms with van der Waals surface area (Å²) >= 11 is 0. The zero-order chi connectivity index (χ0) is 18.4. The molecule has 0 spiro atoms. The number of aryl methyl sites for hydroxylation is 1. The van der Waals surface area contributed by atoms with Gasteiger partial charge in [0.25, 0.3) is 11.8 Å². The standard InChI is InChI=1S/C20H18N4O2/c1-3-4-19(25)24-10-17-15(8-13(21)9-16(17)20(24)26)12-5-6-18-14(7-12)11(2)22-23-18/h3-9H,10,21H2,1-2H3,(H,22,23)/b4-3+. The predicted molar refractivity (Wildman–Crippen MR) is 100 cm³/mol. The molecule has 130 valence electrons. The number of H-pyrrole nitrogens is 1. The molecule has 0 unspecified atom stereocenters. The Labute approximate surface area is 150 Å². The number of imide groups is 1. The van der Waals surface area contributed by atoms with E-state index >= 15 is 0 Å². The number of amides is 2. The molecule has 0 atom stereocenters. The molecule has 1 aliphatic heterocycles. The zero-order valence-corrected chi connectivity index (χ0v) is 14.5. The van der Waals surface area contributed by atoms with Crippen molar-refractivity contribution in [3.8, 4) is 11.1 Å². The van der Waals surface area contributed by atoms with E-state index in [1.807, 2.05) is 31.2 Å². The fourth-order valence-corrected chi connectivity index (χ4v) is 3.41. The van der Waals surface area contributed by atoms with Crippen LogP contribution in [0.25, 0.3) is 22.0 Å². The molecule has 0 saturated carbocycles. The summed E-state index contributed by atoms with van der Waals surface area (Å²) in [4.78, 5) is 26.1. The molecular formula is C20H18N4O2. The number of rotatable bonds is 2. The van der Waals surface area contributed by atoms with E-state index in [1.165, 1.54) is 11.0 Å². The number of anilines is 1. The second-order valence-electron chi connectivity index (χ2n) is 6.39. The largest absolute Gasteiger partial charge is 0.399 e. The molecule has 3 aromatic rings. The van der Waals surface area contributed by atoms with Gasteiger partial charge in [0, 0.05) is 16.6 Å². The Morgan fingerprint density at radius 2 is 2.04 bits per heavy atom. The molecule has 3 N–H and O–H groups in total. The highest BCUT2D eigenvalue weighted by atomic mass is 16.2. The summed E-state index contributed by atoms with van der Waals surface area (Å²) in [6.07, 6.45) is 3.02. The van der Waals surface area contributed by atoms with E-state index < -0.39 is 0 Å². The third-order valence-electron chi connectivity index (χ3n) is 4.70. The number of carbonyl (C=O) groups is 2. The minimum absolute atomic E-state index is 0.245. The van der Waals surface area contributed by atoms with E-state index in [1.54, 1.807) is 19.1 Å². The van der Waals surface area contributed by atoms with Crippen LogP contribution in [-0.4, -0.2) is 26.9 Å². The molecular weight excluding hydrogens is 328 g/mol. The molecule has 6 nitrogen and oxygen atoms in total. The van der Waals surface area contributed by atoms with Crippen LogP contribution in [-0.2, 0) is 11.3 Å². The van der Waals surface area contributed by atoms with Gasteiger partial charge in [-0.25, -0.2) is 0 Å². The fraction of sp³-hybridized carbons (Fsp3) is 0.150. The van der Waals surface area contributed by atoms with Crippen molar-refractivity contribution in [2.45, 2.75) is 20.4 Å². The summed E-state index contributed by atoms with van der Waals surface area (Å²) in [5.41, 5.74) is 11.5. The number of nitrogens with two attached hydrogens (primary N) is 1. The van der Waals surface area contributed by atoms with E-state index in [9.17, 15) is 9.59 Å². The van der Waals surface area contributed by atoms with Crippen LogP contribution in [0.5, 0.6) is 0 Å². The number of hydrogen-bond donors (Lipinski definition) is 2. The first-order chi connectivity index (χ1) is 12.5. The highest BCUT2D eigenvalue weighted by Gasteiger charge is 2.33. The van der Waals surface area contributed by atoms with Gasteiger partial charge in [0.1, 0.15) is 0 Å². The van der Waals surface area contributed by atoms with E-state index in [-0.39, 0.29) is 18.4 Å². The quantitative estimate of drug-likeness (QED) is 0.551. The maximum Gasteiger partial charge on any atom is 0.261 e. The number of nitrogen functional groups attached to an aromatic ring is 1. The molecule has 0 aliphatic carbocycles. The van der Waals surface area contributed by atoms with Crippen LogP contribution in [0.2, 0.25) is 0 Å². The van der Waals surface area contributed by atoms with Gasteiger partial charge in [-0.05, 0) is 60.9 Å². The summed E-state index contributed by atoms with van der Waals surface area (Å²) in [5.74, 6) is -0.628. The second-order valence-corrected chi connectivity index (χ2v) is 6.39. The van der Waals surface area contributed by atoms with Gasteiger partial charge in [-0.1, -0.05) is 12.1 Å². The van der Waals surface area contributed by atoms with Crippen LogP contribution >= 0.6 is 0 Å². The average Bonchev–Trinajstić information content (AvgIpc) is 3.15. The van der Waals surface area contributed by atoms with Crippen molar-refractivity contribution in [2.75, 3.05) is 5.73 Å². The van der Waals surface area contributed by atoms with Crippen molar-refractivity contribution in [1.82, 2.24) is 15.1 Å². The van der Waals surface area contributed by atoms with Gasteiger partial charge in [0.2, 0.25) is 0 Å². The summed E-state index contributed by atoms with van der Waals surface area (Å²) in [7, 11) is 0. The number of hydrogen-bond acceptors (Lipinski definition) is 4. The smallest absolute Gasteiger partial charge is 0.261 e. The molecule has 4 rings (SSSR count). The number of benzene rings is 2. The van der Waals surface area contributed by atoms with Gasteiger partial charge in [-0.2, -0.15) is 5.10 Å². The molecule has 1 aromatic heterocycles. The van der Waals surface area contributed by atoms with Crippen LogP contribution in [0.4, 0.5) is 5.69 Å². The minimum Gasteiger partial charge on any atom is -0.399 e. The Morgan fingerprint density at radius 1 is 1.27 bits per heavy atom. The van der Waals surface area contributed by atoms with Crippen LogP contribution < -0.4 is 5.73 Å². The lowest BCUT2D eigenvalue weighted by Crippen LogP contribution is -2.29. The van der Waals surface area contributed by atoms with Crippen LogP contribution in [0, 0.1) is 6.92 Å². The molecule has 1 aliphatic rings. The summed E-state index contributed by atoms with van der Waals surface area (Å²) in [6, 6.07) is 9.46. The monoisotopic (exact) mass is 346 g/mol. The van der Waals surface area contributed by atoms with Gasteiger partial charge in [0.15, 0.2) is 0 Å². The topological polar surface area (TPSA) is 92.1 Å². The van der Waals surface area contributed by atoms with Crippen LogP contribution in [0.1, 0.15) is 28.5 Å². The third-order valence-corrected chi connectivity index (χ3v) is 4.70. The molecule has 2 amide bonds. The van der Waals surface area contributed by atoms with Crippen molar-refractivity contribution in [3.05, 3.63) is 59.3 Å². The first-order valence-corrected chi connectivity index (χ1v) is 8.35. The number of aromatic amines is 1. The molecule has 26 heavy (non-hydrogen) atoms. The summed E-state index contributed by atoms with van der Waals surface area (Å²) in [5, 5.41) is 8.23. The van der Waals surface area contributed by atoms with Crippen LogP contribution in [0.3, 0.4) is 0 Å². The highest BCUT2D eigenvalue weighted by molar-refractivity contribution is 6.12. The van der Waals surface area contributed by atoms with Gasteiger partial charge in [-0.3, -0.25) is 19.6 Å². The predicted octanol–water partition coefficient (Wildman–Crippen LogP) is 3.18. The van der Waals surface area contributed by atoms with E-state index in [4.69, 9.17) is 5.73 Å². The third kappa shape index (κ3) is 2.38. The minimum atomic E-state index is -0.320.